The van der Waals surface area contributed by atoms with Crippen LogP contribution < -0.4 is 5.32 Å². The Morgan fingerprint density at radius 3 is 3.00 bits per heavy atom. The molecule has 2 aromatic rings. The standard InChI is InChI=1S/C16H15FN4S2/c1-11-10-21(15(22)19-13-6-4-5-12(17)9-13)16(23-11)20-14-7-2-3-8-18-14/h2-9,11H,10H2,1H3,(H,19,22). The fourth-order valence-corrected chi connectivity index (χ4v) is 3.51. The van der Waals surface area contributed by atoms with E-state index in [4.69, 9.17) is 12.2 Å². The van der Waals surface area contributed by atoms with Gasteiger partial charge in [-0.05, 0) is 42.5 Å². The maximum Gasteiger partial charge on any atom is 0.179 e. The zero-order valence-electron chi connectivity index (χ0n) is 12.4. The predicted octanol–water partition coefficient (Wildman–Crippen LogP) is 4.04. The van der Waals surface area contributed by atoms with Crippen LogP contribution in [0, 0.1) is 5.82 Å². The molecule has 0 spiro atoms. The molecule has 3 rings (SSSR count). The molecule has 1 aliphatic rings. The summed E-state index contributed by atoms with van der Waals surface area (Å²) in [5.41, 5.74) is 0.622. The summed E-state index contributed by atoms with van der Waals surface area (Å²) < 4.78 is 13.3. The fourth-order valence-electron chi connectivity index (χ4n) is 2.15. The molecule has 4 nitrogen and oxygen atoms in total. The van der Waals surface area contributed by atoms with Gasteiger partial charge in [-0.25, -0.2) is 14.4 Å². The van der Waals surface area contributed by atoms with E-state index in [1.807, 2.05) is 23.1 Å². The molecule has 1 aromatic carbocycles. The first kappa shape index (κ1) is 15.9. The molecule has 118 valence electrons. The van der Waals surface area contributed by atoms with Crippen molar-refractivity contribution in [2.24, 2.45) is 4.99 Å². The quantitative estimate of drug-likeness (QED) is 0.831. The molecule has 1 aromatic heterocycles. The number of pyridine rings is 1. The number of nitrogens with one attached hydrogen (secondary N) is 1. The molecule has 1 N–H and O–H groups in total. The van der Waals surface area contributed by atoms with Gasteiger partial charge in [-0.15, -0.1) is 0 Å². The number of halogens is 1. The predicted molar refractivity (Wildman–Crippen MR) is 97.7 cm³/mol. The second-order valence-electron chi connectivity index (χ2n) is 5.06. The summed E-state index contributed by atoms with van der Waals surface area (Å²) in [4.78, 5) is 10.7. The fraction of sp³-hybridized carbons (Fsp3) is 0.188. The first-order valence-electron chi connectivity index (χ1n) is 7.12. The molecule has 0 aliphatic carbocycles. The summed E-state index contributed by atoms with van der Waals surface area (Å²) >= 11 is 7.11. The lowest BCUT2D eigenvalue weighted by Crippen LogP contribution is -2.36. The molecule has 0 saturated carbocycles. The van der Waals surface area contributed by atoms with Gasteiger partial charge in [-0.3, -0.25) is 4.90 Å². The Labute approximate surface area is 143 Å². The van der Waals surface area contributed by atoms with Crippen molar-refractivity contribution in [3.05, 3.63) is 54.5 Å². The second-order valence-corrected chi connectivity index (χ2v) is 6.85. The molecule has 1 fully saturated rings. The minimum absolute atomic E-state index is 0.302. The lowest BCUT2D eigenvalue weighted by molar-refractivity contribution is 0.627. The van der Waals surface area contributed by atoms with Crippen molar-refractivity contribution in [1.82, 2.24) is 9.88 Å². The highest BCUT2D eigenvalue weighted by Crippen LogP contribution is 2.28. The van der Waals surface area contributed by atoms with Crippen molar-refractivity contribution in [2.75, 3.05) is 11.9 Å². The van der Waals surface area contributed by atoms with Gasteiger partial charge < -0.3 is 5.32 Å². The van der Waals surface area contributed by atoms with Crippen LogP contribution in [0.4, 0.5) is 15.9 Å². The Balaban J connectivity index is 1.79. The van der Waals surface area contributed by atoms with Crippen LogP contribution in [0.1, 0.15) is 6.92 Å². The van der Waals surface area contributed by atoms with E-state index in [0.717, 1.165) is 11.7 Å². The van der Waals surface area contributed by atoms with Crippen LogP contribution in [0.15, 0.2) is 53.7 Å². The van der Waals surface area contributed by atoms with Crippen molar-refractivity contribution < 1.29 is 4.39 Å². The number of thioether (sulfide) groups is 1. The first-order chi connectivity index (χ1) is 11.1. The van der Waals surface area contributed by atoms with Gasteiger partial charge >= 0.3 is 0 Å². The van der Waals surface area contributed by atoms with Crippen LogP contribution in [0.3, 0.4) is 0 Å². The van der Waals surface area contributed by atoms with Gasteiger partial charge in [0.15, 0.2) is 16.1 Å². The van der Waals surface area contributed by atoms with E-state index in [0.29, 0.717) is 21.9 Å². The third-order valence-corrected chi connectivity index (χ3v) is 4.55. The SMILES string of the molecule is CC1CN(C(=S)Nc2cccc(F)c2)C(=Nc2ccccn2)S1. The number of nitrogens with zero attached hydrogens (tertiary/aromatic N) is 3. The second kappa shape index (κ2) is 7.06. The van der Waals surface area contributed by atoms with Gasteiger partial charge in [0, 0.05) is 23.7 Å². The number of hydrogen-bond donors (Lipinski definition) is 1. The highest BCUT2D eigenvalue weighted by molar-refractivity contribution is 8.14. The summed E-state index contributed by atoms with van der Waals surface area (Å²) in [6.07, 6.45) is 1.70. The Hall–Kier alpha value is -1.99. The molecule has 2 heterocycles. The lowest BCUT2D eigenvalue weighted by atomic mass is 10.3. The van der Waals surface area contributed by atoms with E-state index in [1.54, 1.807) is 30.1 Å². The summed E-state index contributed by atoms with van der Waals surface area (Å²) in [6.45, 7) is 2.86. The molecule has 1 unspecified atom stereocenters. The van der Waals surface area contributed by atoms with E-state index in [-0.39, 0.29) is 5.82 Å². The number of thiocarbonyl (C=S) groups is 1. The molecule has 23 heavy (non-hydrogen) atoms. The number of aromatic nitrogens is 1. The maximum atomic E-state index is 13.3. The minimum atomic E-state index is -0.302. The monoisotopic (exact) mass is 346 g/mol. The number of benzene rings is 1. The number of anilines is 1. The summed E-state index contributed by atoms with van der Waals surface area (Å²) in [7, 11) is 0. The van der Waals surface area contributed by atoms with Gasteiger partial charge in [0.25, 0.3) is 0 Å². The Morgan fingerprint density at radius 1 is 1.39 bits per heavy atom. The van der Waals surface area contributed by atoms with Crippen LogP contribution in [0.25, 0.3) is 0 Å². The zero-order chi connectivity index (χ0) is 16.2. The smallest absolute Gasteiger partial charge is 0.179 e. The topological polar surface area (TPSA) is 40.5 Å². The van der Waals surface area contributed by atoms with Crippen LogP contribution in [0.5, 0.6) is 0 Å². The van der Waals surface area contributed by atoms with Crippen molar-refractivity contribution >= 4 is 45.8 Å². The van der Waals surface area contributed by atoms with E-state index in [9.17, 15) is 4.39 Å². The van der Waals surface area contributed by atoms with E-state index in [2.05, 4.69) is 22.2 Å². The largest absolute Gasteiger partial charge is 0.332 e. The van der Waals surface area contributed by atoms with E-state index < -0.39 is 0 Å². The van der Waals surface area contributed by atoms with Crippen molar-refractivity contribution in [1.29, 1.82) is 0 Å². The highest BCUT2D eigenvalue weighted by Gasteiger charge is 2.29. The normalized spacial score (nSPS) is 19.1. The maximum absolute atomic E-state index is 13.3. The molecule has 1 aliphatic heterocycles. The van der Waals surface area contributed by atoms with Gasteiger partial charge in [0.1, 0.15) is 5.82 Å². The van der Waals surface area contributed by atoms with Crippen molar-refractivity contribution in [3.8, 4) is 0 Å². The summed E-state index contributed by atoms with van der Waals surface area (Å²) in [5.74, 6) is 0.340. The van der Waals surface area contributed by atoms with E-state index >= 15 is 0 Å². The molecule has 0 bridgehead atoms. The highest BCUT2D eigenvalue weighted by atomic mass is 32.2. The summed E-state index contributed by atoms with van der Waals surface area (Å²) in [6, 6.07) is 11.8. The molecule has 1 saturated heterocycles. The Kier molecular flexibility index (Phi) is 4.88. The minimum Gasteiger partial charge on any atom is -0.332 e. The molecular formula is C16H15FN4S2. The molecule has 0 radical (unpaired) electrons. The average Bonchev–Trinajstić information content (AvgIpc) is 2.89. The first-order valence-corrected chi connectivity index (χ1v) is 8.41. The Bertz CT molecular complexity index is 736. The van der Waals surface area contributed by atoms with Crippen LogP contribution in [-0.2, 0) is 0 Å². The van der Waals surface area contributed by atoms with Crippen LogP contribution >= 0.6 is 24.0 Å². The number of aliphatic imine (C=N–C) groups is 1. The van der Waals surface area contributed by atoms with E-state index in [1.165, 1.54) is 12.1 Å². The van der Waals surface area contributed by atoms with Crippen LogP contribution in [0.2, 0.25) is 0 Å². The Morgan fingerprint density at radius 2 is 2.26 bits per heavy atom. The lowest BCUT2D eigenvalue weighted by Gasteiger charge is -2.20. The molecule has 7 heteroatoms. The number of amidine groups is 1. The van der Waals surface area contributed by atoms with Crippen molar-refractivity contribution in [2.45, 2.75) is 12.2 Å². The number of rotatable bonds is 2. The van der Waals surface area contributed by atoms with Gasteiger partial charge in [0.2, 0.25) is 0 Å². The number of hydrogen-bond acceptors (Lipinski definition) is 4. The molecular weight excluding hydrogens is 331 g/mol. The third kappa shape index (κ3) is 4.05. The van der Waals surface area contributed by atoms with Gasteiger partial charge in [-0.2, -0.15) is 0 Å². The molecule has 1 atom stereocenters. The third-order valence-electron chi connectivity index (χ3n) is 3.16. The van der Waals surface area contributed by atoms with Crippen LogP contribution in [-0.4, -0.2) is 32.0 Å². The van der Waals surface area contributed by atoms with Gasteiger partial charge in [-0.1, -0.05) is 30.8 Å². The van der Waals surface area contributed by atoms with Crippen molar-refractivity contribution in [3.63, 3.8) is 0 Å². The zero-order valence-corrected chi connectivity index (χ0v) is 14.1. The molecule has 0 amide bonds. The average molecular weight is 346 g/mol. The summed E-state index contributed by atoms with van der Waals surface area (Å²) in [5, 5.41) is 4.73. The van der Waals surface area contributed by atoms with Gasteiger partial charge in [0.05, 0.1) is 0 Å².